The maximum absolute atomic E-state index is 6.02. The minimum Gasteiger partial charge on any atom is -0.399 e. The number of rotatable bonds is 5. The van der Waals surface area contributed by atoms with E-state index in [-0.39, 0.29) is 5.60 Å². The molecule has 1 saturated heterocycles. The molecule has 4 rings (SSSR count). The van der Waals surface area contributed by atoms with Crippen molar-refractivity contribution in [3.05, 3.63) is 60.2 Å². The monoisotopic (exact) mass is 418 g/mol. The van der Waals surface area contributed by atoms with Crippen molar-refractivity contribution < 1.29 is 9.47 Å². The van der Waals surface area contributed by atoms with E-state index in [1.54, 1.807) is 0 Å². The fourth-order valence-corrected chi connectivity index (χ4v) is 3.46. The van der Waals surface area contributed by atoms with Gasteiger partial charge in [-0.2, -0.15) is 0 Å². The van der Waals surface area contributed by atoms with Crippen LogP contribution in [0.5, 0.6) is 0 Å². The number of anilines is 2. The third-order valence-corrected chi connectivity index (χ3v) is 5.09. The summed E-state index contributed by atoms with van der Waals surface area (Å²) in [6.45, 7) is 9.77. The Hall–Kier alpha value is -2.96. The first kappa shape index (κ1) is 21.3. The standard InChI is InChI=1S/C25H30N4O2/c1-25(2,3)31-17-18-6-4-7-19(14-18)22-16-23(29-10-12-30-13-11-29)28-24(27-22)20-8-5-9-21(26)15-20/h4-9,14-16H,10-13,17,26H2,1-3H3. The first-order chi connectivity index (χ1) is 14.9. The molecule has 1 aromatic heterocycles. The number of nitrogens with zero attached hydrogens (tertiary/aromatic N) is 3. The lowest BCUT2D eigenvalue weighted by Crippen LogP contribution is -2.36. The summed E-state index contributed by atoms with van der Waals surface area (Å²) in [4.78, 5) is 12.0. The third kappa shape index (κ3) is 5.60. The molecular formula is C25H30N4O2. The molecule has 0 aliphatic carbocycles. The van der Waals surface area contributed by atoms with E-state index in [0.717, 1.165) is 41.3 Å². The smallest absolute Gasteiger partial charge is 0.162 e. The van der Waals surface area contributed by atoms with Gasteiger partial charge in [0.15, 0.2) is 5.82 Å². The van der Waals surface area contributed by atoms with Crippen LogP contribution >= 0.6 is 0 Å². The van der Waals surface area contributed by atoms with Crippen LogP contribution in [0.25, 0.3) is 22.6 Å². The number of aromatic nitrogens is 2. The molecule has 0 amide bonds. The van der Waals surface area contributed by atoms with Gasteiger partial charge < -0.3 is 20.1 Å². The molecule has 0 spiro atoms. The number of hydrogen-bond acceptors (Lipinski definition) is 6. The molecular weight excluding hydrogens is 388 g/mol. The third-order valence-electron chi connectivity index (χ3n) is 5.09. The number of morpholine rings is 1. The maximum atomic E-state index is 6.02. The van der Waals surface area contributed by atoms with Gasteiger partial charge in [-0.1, -0.05) is 30.3 Å². The van der Waals surface area contributed by atoms with Crippen molar-refractivity contribution >= 4 is 11.5 Å². The topological polar surface area (TPSA) is 73.5 Å². The second-order valence-corrected chi connectivity index (χ2v) is 8.76. The van der Waals surface area contributed by atoms with Crippen LogP contribution in [0.2, 0.25) is 0 Å². The molecule has 3 aromatic rings. The summed E-state index contributed by atoms with van der Waals surface area (Å²) >= 11 is 0. The van der Waals surface area contributed by atoms with Crippen LogP contribution in [-0.4, -0.2) is 41.9 Å². The Kier molecular flexibility index (Phi) is 6.20. The van der Waals surface area contributed by atoms with Crippen molar-refractivity contribution in [3.8, 4) is 22.6 Å². The predicted octanol–water partition coefficient (Wildman–Crippen LogP) is 4.54. The van der Waals surface area contributed by atoms with Crippen LogP contribution in [-0.2, 0) is 16.1 Å². The summed E-state index contributed by atoms with van der Waals surface area (Å²) < 4.78 is 11.5. The van der Waals surface area contributed by atoms with Gasteiger partial charge in [0, 0.05) is 36.0 Å². The minimum absolute atomic E-state index is 0.186. The zero-order chi connectivity index (χ0) is 21.8. The van der Waals surface area contributed by atoms with Gasteiger partial charge in [-0.3, -0.25) is 0 Å². The second kappa shape index (κ2) is 9.04. The van der Waals surface area contributed by atoms with E-state index < -0.39 is 0 Å². The van der Waals surface area contributed by atoms with Crippen molar-refractivity contribution in [2.75, 3.05) is 36.9 Å². The van der Waals surface area contributed by atoms with Crippen molar-refractivity contribution in [1.82, 2.24) is 9.97 Å². The van der Waals surface area contributed by atoms with Crippen molar-refractivity contribution in [1.29, 1.82) is 0 Å². The van der Waals surface area contributed by atoms with E-state index in [1.165, 1.54) is 0 Å². The zero-order valence-corrected chi connectivity index (χ0v) is 18.5. The van der Waals surface area contributed by atoms with E-state index in [0.29, 0.717) is 31.3 Å². The van der Waals surface area contributed by atoms with Crippen LogP contribution in [0.4, 0.5) is 11.5 Å². The zero-order valence-electron chi connectivity index (χ0n) is 18.5. The van der Waals surface area contributed by atoms with Gasteiger partial charge in [0.05, 0.1) is 31.1 Å². The molecule has 2 heterocycles. The fraction of sp³-hybridized carbons (Fsp3) is 0.360. The lowest BCUT2D eigenvalue weighted by atomic mass is 10.1. The summed E-state index contributed by atoms with van der Waals surface area (Å²) in [7, 11) is 0. The van der Waals surface area contributed by atoms with Crippen LogP contribution in [0.15, 0.2) is 54.6 Å². The molecule has 31 heavy (non-hydrogen) atoms. The Labute approximate surface area is 184 Å². The van der Waals surface area contributed by atoms with E-state index in [1.807, 2.05) is 30.3 Å². The molecule has 0 bridgehead atoms. The Morgan fingerprint density at radius 1 is 0.968 bits per heavy atom. The first-order valence-electron chi connectivity index (χ1n) is 10.7. The highest BCUT2D eigenvalue weighted by molar-refractivity contribution is 5.69. The molecule has 2 aromatic carbocycles. The summed E-state index contributed by atoms with van der Waals surface area (Å²) in [6.07, 6.45) is 0. The Morgan fingerprint density at radius 3 is 2.45 bits per heavy atom. The number of benzene rings is 2. The largest absolute Gasteiger partial charge is 0.399 e. The quantitative estimate of drug-likeness (QED) is 0.613. The first-order valence-corrected chi connectivity index (χ1v) is 10.7. The number of nitrogen functional groups attached to an aromatic ring is 1. The van der Waals surface area contributed by atoms with Crippen LogP contribution in [0.1, 0.15) is 26.3 Å². The normalized spacial score (nSPS) is 14.6. The molecule has 6 nitrogen and oxygen atoms in total. The highest BCUT2D eigenvalue weighted by Crippen LogP contribution is 2.28. The lowest BCUT2D eigenvalue weighted by Gasteiger charge is -2.28. The summed E-state index contributed by atoms with van der Waals surface area (Å²) in [5.41, 5.74) is 10.5. The van der Waals surface area contributed by atoms with Gasteiger partial charge in [-0.05, 0) is 44.5 Å². The second-order valence-electron chi connectivity index (χ2n) is 8.76. The maximum Gasteiger partial charge on any atom is 0.162 e. The van der Waals surface area contributed by atoms with Crippen LogP contribution in [0, 0.1) is 0 Å². The Balaban J connectivity index is 1.73. The lowest BCUT2D eigenvalue weighted by molar-refractivity contribution is -0.0149. The molecule has 0 radical (unpaired) electrons. The molecule has 0 unspecified atom stereocenters. The highest BCUT2D eigenvalue weighted by atomic mass is 16.5. The van der Waals surface area contributed by atoms with Crippen molar-refractivity contribution in [2.24, 2.45) is 0 Å². The van der Waals surface area contributed by atoms with Crippen LogP contribution in [0.3, 0.4) is 0 Å². The fourth-order valence-electron chi connectivity index (χ4n) is 3.46. The van der Waals surface area contributed by atoms with Gasteiger partial charge in [0.25, 0.3) is 0 Å². The predicted molar refractivity (Wildman–Crippen MR) is 125 cm³/mol. The molecule has 1 fully saturated rings. The summed E-state index contributed by atoms with van der Waals surface area (Å²) in [5.74, 6) is 1.57. The SMILES string of the molecule is CC(C)(C)OCc1cccc(-c2cc(N3CCOCC3)nc(-c3cccc(N)c3)n2)c1. The van der Waals surface area contributed by atoms with Gasteiger partial charge in [-0.15, -0.1) is 0 Å². The van der Waals surface area contributed by atoms with Crippen LogP contribution < -0.4 is 10.6 Å². The highest BCUT2D eigenvalue weighted by Gasteiger charge is 2.17. The number of ether oxygens (including phenoxy) is 2. The number of nitrogens with two attached hydrogens (primary N) is 1. The molecule has 2 N–H and O–H groups in total. The van der Waals surface area contributed by atoms with Crippen molar-refractivity contribution in [2.45, 2.75) is 33.0 Å². The van der Waals surface area contributed by atoms with E-state index in [4.69, 9.17) is 25.2 Å². The Morgan fingerprint density at radius 2 is 1.71 bits per heavy atom. The molecule has 1 aliphatic heterocycles. The van der Waals surface area contributed by atoms with E-state index in [2.05, 4.69) is 49.9 Å². The van der Waals surface area contributed by atoms with Gasteiger partial charge in [-0.25, -0.2) is 9.97 Å². The van der Waals surface area contributed by atoms with E-state index >= 15 is 0 Å². The average molecular weight is 419 g/mol. The van der Waals surface area contributed by atoms with E-state index in [9.17, 15) is 0 Å². The molecule has 0 saturated carbocycles. The average Bonchev–Trinajstić information content (AvgIpc) is 2.78. The molecule has 162 valence electrons. The van der Waals surface area contributed by atoms with Gasteiger partial charge in [0.2, 0.25) is 0 Å². The van der Waals surface area contributed by atoms with Crippen molar-refractivity contribution in [3.63, 3.8) is 0 Å². The molecule has 1 aliphatic rings. The summed E-state index contributed by atoms with van der Waals surface area (Å²) in [5, 5.41) is 0. The van der Waals surface area contributed by atoms with Gasteiger partial charge in [0.1, 0.15) is 5.82 Å². The molecule has 6 heteroatoms. The van der Waals surface area contributed by atoms with Gasteiger partial charge >= 0.3 is 0 Å². The number of hydrogen-bond donors (Lipinski definition) is 1. The minimum atomic E-state index is -0.186. The Bertz CT molecular complexity index is 1040. The molecule has 0 atom stereocenters. The summed E-state index contributed by atoms with van der Waals surface area (Å²) in [6, 6.07) is 18.1.